The van der Waals surface area contributed by atoms with Crippen molar-refractivity contribution < 1.29 is 22.4 Å². The standard InChI is InChI=1S/C27H40O5S/c1-8-26(9-2,22-12-15-24(16-13-22)32-33(7,29)30)23-14-17-25(20(5)18-23)31-19-21(6)27(28,10-3)11-4/h12-18,21,28H,8-11,19H2,1-7H3. The van der Waals surface area contributed by atoms with E-state index < -0.39 is 15.7 Å². The molecule has 0 aliphatic carbocycles. The Labute approximate surface area is 200 Å². The topological polar surface area (TPSA) is 72.8 Å². The molecular weight excluding hydrogens is 436 g/mol. The van der Waals surface area contributed by atoms with E-state index in [9.17, 15) is 13.5 Å². The Kier molecular flexibility index (Phi) is 9.00. The van der Waals surface area contributed by atoms with E-state index in [1.807, 2.05) is 39.0 Å². The molecule has 0 bridgehead atoms. The molecule has 1 atom stereocenters. The predicted octanol–water partition coefficient (Wildman–Crippen LogP) is 6.01. The van der Waals surface area contributed by atoms with Crippen molar-refractivity contribution >= 4 is 10.1 Å². The minimum atomic E-state index is -3.55. The Morgan fingerprint density at radius 1 is 0.909 bits per heavy atom. The van der Waals surface area contributed by atoms with Gasteiger partial charge < -0.3 is 14.0 Å². The lowest BCUT2D eigenvalue weighted by atomic mass is 9.70. The number of aliphatic hydroxyl groups is 1. The quantitative estimate of drug-likeness (QED) is 0.380. The molecule has 0 radical (unpaired) electrons. The van der Waals surface area contributed by atoms with E-state index in [0.29, 0.717) is 25.2 Å². The highest BCUT2D eigenvalue weighted by Crippen LogP contribution is 2.41. The van der Waals surface area contributed by atoms with Gasteiger partial charge in [-0.25, -0.2) is 0 Å². The van der Waals surface area contributed by atoms with Gasteiger partial charge in [-0.3, -0.25) is 0 Å². The Morgan fingerprint density at radius 3 is 1.91 bits per heavy atom. The van der Waals surface area contributed by atoms with Crippen molar-refractivity contribution in [3.05, 3.63) is 59.2 Å². The van der Waals surface area contributed by atoms with Crippen molar-refractivity contribution in [1.82, 2.24) is 0 Å². The third-order valence-electron chi connectivity index (χ3n) is 7.22. The molecule has 0 saturated carbocycles. The van der Waals surface area contributed by atoms with Gasteiger partial charge in [-0.05, 0) is 67.5 Å². The number of ether oxygens (including phenoxy) is 1. The molecule has 184 valence electrons. The van der Waals surface area contributed by atoms with E-state index >= 15 is 0 Å². The van der Waals surface area contributed by atoms with Crippen LogP contribution in [0, 0.1) is 12.8 Å². The van der Waals surface area contributed by atoms with Gasteiger partial charge in [0.2, 0.25) is 0 Å². The summed E-state index contributed by atoms with van der Waals surface area (Å²) in [5.74, 6) is 1.18. The van der Waals surface area contributed by atoms with Crippen LogP contribution < -0.4 is 8.92 Å². The number of rotatable bonds is 12. The summed E-state index contributed by atoms with van der Waals surface area (Å²) in [6, 6.07) is 13.6. The van der Waals surface area contributed by atoms with Crippen LogP contribution >= 0.6 is 0 Å². The zero-order valence-corrected chi connectivity index (χ0v) is 22.0. The van der Waals surface area contributed by atoms with Crippen LogP contribution in [0.1, 0.15) is 77.0 Å². The molecule has 0 spiro atoms. The van der Waals surface area contributed by atoms with Crippen molar-refractivity contribution in [2.75, 3.05) is 12.9 Å². The zero-order valence-electron chi connectivity index (χ0n) is 21.1. The highest BCUT2D eigenvalue weighted by Gasteiger charge is 2.32. The summed E-state index contributed by atoms with van der Waals surface area (Å²) in [4.78, 5) is 0. The van der Waals surface area contributed by atoms with Crippen molar-refractivity contribution in [1.29, 1.82) is 0 Å². The van der Waals surface area contributed by atoms with Crippen molar-refractivity contribution in [3.63, 3.8) is 0 Å². The molecular formula is C27H40O5S. The molecule has 0 saturated heterocycles. The summed E-state index contributed by atoms with van der Waals surface area (Å²) in [6.45, 7) is 12.9. The molecule has 0 amide bonds. The molecule has 1 N–H and O–H groups in total. The third-order valence-corrected chi connectivity index (χ3v) is 7.71. The van der Waals surface area contributed by atoms with Gasteiger partial charge in [-0.1, -0.05) is 58.9 Å². The maximum absolute atomic E-state index is 11.4. The SMILES string of the molecule is CCC(CC)(c1ccc(OS(C)(=O)=O)cc1)c1ccc(OCC(C)C(O)(CC)CC)c(C)c1. The maximum Gasteiger partial charge on any atom is 0.306 e. The molecule has 33 heavy (non-hydrogen) atoms. The van der Waals surface area contributed by atoms with Gasteiger partial charge in [0, 0.05) is 11.3 Å². The van der Waals surface area contributed by atoms with Crippen LogP contribution in [0.4, 0.5) is 0 Å². The normalized spacial score (nSPS) is 13.6. The molecule has 2 rings (SSSR count). The monoisotopic (exact) mass is 476 g/mol. The first-order chi connectivity index (χ1) is 15.4. The van der Waals surface area contributed by atoms with Gasteiger partial charge in [0.1, 0.15) is 11.5 Å². The fraction of sp³-hybridized carbons (Fsp3) is 0.556. The molecule has 5 nitrogen and oxygen atoms in total. The highest BCUT2D eigenvalue weighted by atomic mass is 32.2. The van der Waals surface area contributed by atoms with E-state index in [2.05, 4.69) is 32.9 Å². The van der Waals surface area contributed by atoms with E-state index in [1.54, 1.807) is 12.1 Å². The summed E-state index contributed by atoms with van der Waals surface area (Å²) in [5, 5.41) is 10.7. The maximum atomic E-state index is 11.4. The van der Waals surface area contributed by atoms with Gasteiger partial charge in [0.15, 0.2) is 0 Å². The largest absolute Gasteiger partial charge is 0.493 e. The second kappa shape index (κ2) is 10.9. The summed E-state index contributed by atoms with van der Waals surface area (Å²) < 4.78 is 34.0. The molecule has 0 heterocycles. The smallest absolute Gasteiger partial charge is 0.306 e. The average molecular weight is 477 g/mol. The van der Waals surface area contributed by atoms with E-state index in [-0.39, 0.29) is 11.3 Å². The first-order valence-electron chi connectivity index (χ1n) is 11.9. The van der Waals surface area contributed by atoms with E-state index in [0.717, 1.165) is 36.0 Å². The molecule has 0 aliphatic heterocycles. The lowest BCUT2D eigenvalue weighted by Gasteiger charge is -2.34. The van der Waals surface area contributed by atoms with Crippen molar-refractivity contribution in [2.24, 2.45) is 5.92 Å². The number of hydrogen-bond acceptors (Lipinski definition) is 5. The van der Waals surface area contributed by atoms with Gasteiger partial charge in [-0.15, -0.1) is 0 Å². The molecule has 0 aliphatic rings. The van der Waals surface area contributed by atoms with Crippen LogP contribution in [0.2, 0.25) is 0 Å². The third kappa shape index (κ3) is 6.30. The Hall–Kier alpha value is -2.05. The van der Waals surface area contributed by atoms with Crippen LogP contribution in [-0.4, -0.2) is 32.0 Å². The lowest BCUT2D eigenvalue weighted by molar-refractivity contribution is -0.0345. The lowest BCUT2D eigenvalue weighted by Crippen LogP contribution is -2.38. The number of benzene rings is 2. The molecule has 1 unspecified atom stereocenters. The molecule has 2 aromatic carbocycles. The highest BCUT2D eigenvalue weighted by molar-refractivity contribution is 7.86. The minimum absolute atomic E-state index is 0.0321. The molecule has 6 heteroatoms. The molecule has 0 fully saturated rings. The summed E-state index contributed by atoms with van der Waals surface area (Å²) >= 11 is 0. The second-order valence-electron chi connectivity index (χ2n) is 9.10. The van der Waals surface area contributed by atoms with Gasteiger partial charge >= 0.3 is 10.1 Å². The van der Waals surface area contributed by atoms with Crippen LogP contribution in [-0.2, 0) is 15.5 Å². The second-order valence-corrected chi connectivity index (χ2v) is 10.7. The average Bonchev–Trinajstić information content (AvgIpc) is 2.78. The Balaban J connectivity index is 2.30. The Morgan fingerprint density at radius 2 is 1.45 bits per heavy atom. The first-order valence-corrected chi connectivity index (χ1v) is 13.7. The minimum Gasteiger partial charge on any atom is -0.493 e. The van der Waals surface area contributed by atoms with E-state index in [1.165, 1.54) is 5.56 Å². The summed E-state index contributed by atoms with van der Waals surface area (Å²) in [7, 11) is -3.55. The molecule has 2 aromatic rings. The summed E-state index contributed by atoms with van der Waals surface area (Å²) in [5.41, 5.74) is 2.46. The van der Waals surface area contributed by atoms with Crippen molar-refractivity contribution in [2.45, 2.75) is 78.2 Å². The predicted molar refractivity (Wildman–Crippen MR) is 135 cm³/mol. The fourth-order valence-corrected chi connectivity index (χ4v) is 5.12. The van der Waals surface area contributed by atoms with E-state index in [4.69, 9.17) is 8.92 Å². The van der Waals surface area contributed by atoms with Crippen LogP contribution in [0.25, 0.3) is 0 Å². The van der Waals surface area contributed by atoms with Gasteiger partial charge in [0.25, 0.3) is 0 Å². The first kappa shape index (κ1) is 27.2. The van der Waals surface area contributed by atoms with Gasteiger partial charge in [-0.2, -0.15) is 8.42 Å². The Bertz CT molecular complexity index is 1000. The van der Waals surface area contributed by atoms with Crippen LogP contribution in [0.15, 0.2) is 42.5 Å². The summed E-state index contributed by atoms with van der Waals surface area (Å²) in [6.07, 6.45) is 4.24. The molecule has 0 aromatic heterocycles. The van der Waals surface area contributed by atoms with Gasteiger partial charge in [0.05, 0.1) is 18.5 Å². The fourth-order valence-electron chi connectivity index (χ4n) is 4.66. The number of aryl methyl sites for hydroxylation is 1. The number of hydrogen-bond donors (Lipinski definition) is 1. The van der Waals surface area contributed by atoms with Crippen molar-refractivity contribution in [3.8, 4) is 11.5 Å². The van der Waals surface area contributed by atoms with Crippen LogP contribution in [0.3, 0.4) is 0 Å². The van der Waals surface area contributed by atoms with Crippen LogP contribution in [0.5, 0.6) is 11.5 Å². The zero-order chi connectivity index (χ0) is 24.9.